The van der Waals surface area contributed by atoms with Gasteiger partial charge < -0.3 is 14.5 Å². The van der Waals surface area contributed by atoms with Crippen molar-refractivity contribution in [3.05, 3.63) is 94.4 Å². The van der Waals surface area contributed by atoms with Gasteiger partial charge in [-0.2, -0.15) is 0 Å². The number of hydrogen-bond donors (Lipinski definition) is 1. The summed E-state index contributed by atoms with van der Waals surface area (Å²) in [7, 11) is 0. The number of nitrogens with one attached hydrogen (secondary N) is 1. The molecule has 2 atom stereocenters. The molecule has 1 N–H and O–H groups in total. The molecule has 5 heteroatoms. The minimum atomic E-state index is -0.283. The number of hydrogen-bond acceptors (Lipinski definition) is 4. The molecule has 6 rings (SSSR count). The number of aryl methyl sites for hydroxylation is 2. The van der Waals surface area contributed by atoms with Gasteiger partial charge >= 0.3 is 0 Å². The van der Waals surface area contributed by atoms with Gasteiger partial charge in [0, 0.05) is 22.6 Å². The predicted octanol–water partition coefficient (Wildman–Crippen LogP) is 7.96. The lowest BCUT2D eigenvalue weighted by Gasteiger charge is -2.38. The predicted molar refractivity (Wildman–Crippen MR) is 158 cm³/mol. The monoisotopic (exact) mass is 537 g/mol. The summed E-state index contributed by atoms with van der Waals surface area (Å²) in [6, 6.07) is 18.1. The van der Waals surface area contributed by atoms with Gasteiger partial charge in [-0.25, -0.2) is 0 Å². The van der Waals surface area contributed by atoms with E-state index in [1.807, 2.05) is 19.1 Å². The van der Waals surface area contributed by atoms with Crippen molar-refractivity contribution in [2.75, 3.05) is 18.5 Å². The highest BCUT2D eigenvalue weighted by molar-refractivity contribution is 6.04. The van der Waals surface area contributed by atoms with Gasteiger partial charge in [0.1, 0.15) is 5.76 Å². The first-order valence-corrected chi connectivity index (χ1v) is 14.8. The third-order valence-corrected chi connectivity index (χ3v) is 9.28. The fraction of sp³-hybridized carbons (Fsp3) is 0.429. The number of benzene rings is 2. The van der Waals surface area contributed by atoms with Crippen molar-refractivity contribution < 1.29 is 18.7 Å². The summed E-state index contributed by atoms with van der Waals surface area (Å²) in [5.74, 6) is 1.40. The van der Waals surface area contributed by atoms with Crippen LogP contribution < -0.4 is 5.32 Å². The second-order valence-corrected chi connectivity index (χ2v) is 12.3. The van der Waals surface area contributed by atoms with E-state index in [4.69, 9.17) is 9.15 Å². The zero-order valence-electron chi connectivity index (χ0n) is 23.6. The number of amides is 1. The molecule has 0 radical (unpaired) electrons. The molecule has 1 aromatic heterocycles. The summed E-state index contributed by atoms with van der Waals surface area (Å²) in [5.41, 5.74) is 6.81. The molecular weight excluding hydrogens is 498 g/mol. The standard InChI is InChI=1S/C35H39NO4/c1-23-6-3-4-9-30(23)26-8-5-7-25(11-12-26)18-27-13-14-28(33(37)29-16-17-35(20-29)21-39-22-35)19-31(27)36-34(38)32-15-10-24(2)40-32/h3-4,6,8-10,13-15,19,25,29H,5,7,11-12,16-18,20-22H2,1-2H3,(H,36,38). The van der Waals surface area contributed by atoms with Crippen LogP contribution in [-0.4, -0.2) is 24.9 Å². The molecule has 5 nitrogen and oxygen atoms in total. The van der Waals surface area contributed by atoms with Crippen molar-refractivity contribution in [3.63, 3.8) is 0 Å². The Hall–Kier alpha value is -3.44. The fourth-order valence-corrected chi connectivity index (χ4v) is 6.88. The van der Waals surface area contributed by atoms with E-state index in [1.54, 1.807) is 12.1 Å². The Morgan fingerprint density at radius 1 is 1.00 bits per heavy atom. The highest BCUT2D eigenvalue weighted by atomic mass is 16.5. The fourth-order valence-electron chi connectivity index (χ4n) is 6.88. The van der Waals surface area contributed by atoms with Gasteiger partial charge in [0.15, 0.2) is 11.5 Å². The minimum absolute atomic E-state index is 0.0267. The zero-order valence-corrected chi connectivity index (χ0v) is 23.6. The first-order valence-electron chi connectivity index (χ1n) is 14.8. The number of carbonyl (C=O) groups is 2. The van der Waals surface area contributed by atoms with E-state index < -0.39 is 0 Å². The quantitative estimate of drug-likeness (QED) is 0.310. The number of Topliss-reactive ketones (excluding diaryl/α,β-unsaturated/α-hetero) is 1. The lowest BCUT2D eigenvalue weighted by Crippen LogP contribution is -2.40. The second-order valence-electron chi connectivity index (χ2n) is 12.3. The zero-order chi connectivity index (χ0) is 27.7. The van der Waals surface area contributed by atoms with Crippen LogP contribution in [0.1, 0.15) is 88.3 Å². The van der Waals surface area contributed by atoms with Crippen LogP contribution in [0.4, 0.5) is 5.69 Å². The molecule has 2 aromatic carbocycles. The Kier molecular flexibility index (Phi) is 7.50. The van der Waals surface area contributed by atoms with Gasteiger partial charge in [0.25, 0.3) is 5.91 Å². The summed E-state index contributed by atoms with van der Waals surface area (Å²) in [6.45, 7) is 5.57. The van der Waals surface area contributed by atoms with Crippen molar-refractivity contribution in [1.82, 2.24) is 0 Å². The van der Waals surface area contributed by atoms with Crippen LogP contribution in [-0.2, 0) is 11.2 Å². The lowest BCUT2D eigenvalue weighted by molar-refractivity contribution is -0.109. The molecule has 2 unspecified atom stereocenters. The Morgan fingerprint density at radius 3 is 2.58 bits per heavy atom. The molecule has 2 heterocycles. The molecule has 0 bridgehead atoms. The Bertz CT molecular complexity index is 1440. The average Bonchev–Trinajstić information content (AvgIpc) is 3.52. The van der Waals surface area contributed by atoms with Gasteiger partial charge in [-0.1, -0.05) is 42.5 Å². The Balaban J connectivity index is 1.21. The molecule has 1 amide bonds. The van der Waals surface area contributed by atoms with E-state index >= 15 is 0 Å². The molecule has 3 aliphatic rings. The number of anilines is 1. The first kappa shape index (κ1) is 26.8. The molecule has 1 spiro atoms. The van der Waals surface area contributed by atoms with E-state index in [2.05, 4.69) is 48.6 Å². The molecule has 208 valence electrons. The second kappa shape index (κ2) is 11.2. The maximum Gasteiger partial charge on any atom is 0.291 e. The van der Waals surface area contributed by atoms with Gasteiger partial charge in [0.05, 0.1) is 13.2 Å². The summed E-state index contributed by atoms with van der Waals surface area (Å²) in [6.07, 6.45) is 10.4. The lowest BCUT2D eigenvalue weighted by atomic mass is 9.82. The maximum atomic E-state index is 13.6. The van der Waals surface area contributed by atoms with Crippen LogP contribution in [0.2, 0.25) is 0 Å². The van der Waals surface area contributed by atoms with Crippen molar-refractivity contribution >= 4 is 23.0 Å². The summed E-state index contributed by atoms with van der Waals surface area (Å²) in [5, 5.41) is 3.09. The average molecular weight is 538 g/mol. The Labute approximate surface area is 237 Å². The van der Waals surface area contributed by atoms with Gasteiger partial charge in [0.2, 0.25) is 0 Å². The van der Waals surface area contributed by atoms with Crippen molar-refractivity contribution in [3.8, 4) is 0 Å². The molecule has 40 heavy (non-hydrogen) atoms. The van der Waals surface area contributed by atoms with E-state index in [0.717, 1.165) is 75.8 Å². The number of ether oxygens (including phenoxy) is 1. The maximum absolute atomic E-state index is 13.6. The molecule has 2 fully saturated rings. The number of furan rings is 1. The summed E-state index contributed by atoms with van der Waals surface area (Å²) in [4.78, 5) is 26.7. The SMILES string of the molecule is Cc1ccc(C(=O)Nc2cc(C(=O)C3CCC4(COC4)C3)ccc2CC2CCC=C(c3ccccc3C)CC2)o1. The smallest absolute Gasteiger partial charge is 0.291 e. The van der Waals surface area contributed by atoms with Crippen LogP contribution in [0, 0.1) is 31.1 Å². The number of ketones is 1. The normalized spacial score (nSPS) is 21.9. The van der Waals surface area contributed by atoms with E-state index in [-0.39, 0.29) is 28.8 Å². The van der Waals surface area contributed by atoms with Gasteiger partial charge in [-0.3, -0.25) is 9.59 Å². The van der Waals surface area contributed by atoms with Crippen LogP contribution in [0.15, 0.2) is 65.1 Å². The summed E-state index contributed by atoms with van der Waals surface area (Å²) >= 11 is 0. The van der Waals surface area contributed by atoms with E-state index in [1.165, 1.54) is 16.7 Å². The van der Waals surface area contributed by atoms with Crippen molar-refractivity contribution in [2.45, 2.75) is 65.2 Å². The van der Waals surface area contributed by atoms with E-state index in [9.17, 15) is 9.59 Å². The molecule has 1 saturated carbocycles. The van der Waals surface area contributed by atoms with Crippen LogP contribution >= 0.6 is 0 Å². The largest absolute Gasteiger partial charge is 0.456 e. The molecule has 1 saturated heterocycles. The highest BCUT2D eigenvalue weighted by Gasteiger charge is 2.47. The highest BCUT2D eigenvalue weighted by Crippen LogP contribution is 2.48. The third-order valence-electron chi connectivity index (χ3n) is 9.28. The topological polar surface area (TPSA) is 68.5 Å². The van der Waals surface area contributed by atoms with Crippen LogP contribution in [0.5, 0.6) is 0 Å². The number of rotatable bonds is 7. The van der Waals surface area contributed by atoms with Crippen LogP contribution in [0.25, 0.3) is 5.57 Å². The van der Waals surface area contributed by atoms with E-state index in [0.29, 0.717) is 17.2 Å². The molecule has 1 aliphatic heterocycles. The number of carbonyl (C=O) groups excluding carboxylic acids is 2. The molecule has 2 aliphatic carbocycles. The Morgan fingerprint density at radius 2 is 1.85 bits per heavy atom. The third kappa shape index (κ3) is 5.57. The first-order chi connectivity index (χ1) is 19.4. The molecule has 3 aromatic rings. The van der Waals surface area contributed by atoms with Crippen molar-refractivity contribution in [1.29, 1.82) is 0 Å². The van der Waals surface area contributed by atoms with Crippen molar-refractivity contribution in [2.24, 2.45) is 17.3 Å². The number of allylic oxidation sites excluding steroid dienone is 2. The molecular formula is C35H39NO4. The minimum Gasteiger partial charge on any atom is -0.456 e. The van der Waals surface area contributed by atoms with Crippen LogP contribution in [0.3, 0.4) is 0 Å². The summed E-state index contributed by atoms with van der Waals surface area (Å²) < 4.78 is 11.1. The van der Waals surface area contributed by atoms with Gasteiger partial charge in [-0.05, 0) is 112 Å². The van der Waals surface area contributed by atoms with Gasteiger partial charge in [-0.15, -0.1) is 0 Å².